The minimum Gasteiger partial charge on any atom is -0.481 e. The number of imide groups is 1. The molecule has 12 nitrogen and oxygen atoms in total. The van der Waals surface area contributed by atoms with Gasteiger partial charge in [-0.2, -0.15) is 0 Å². The van der Waals surface area contributed by atoms with Crippen molar-refractivity contribution in [1.29, 1.82) is 0 Å². The van der Waals surface area contributed by atoms with Crippen molar-refractivity contribution in [2.24, 2.45) is 17.8 Å². The number of piperidine rings is 2. The Morgan fingerprint density at radius 2 is 1.81 bits per heavy atom. The van der Waals surface area contributed by atoms with Gasteiger partial charge in [0.1, 0.15) is 0 Å². The molecule has 2 fully saturated rings. The molecule has 0 bridgehead atoms. The first-order valence-corrected chi connectivity index (χ1v) is 14.8. The van der Waals surface area contributed by atoms with Gasteiger partial charge in [-0.05, 0) is 75.2 Å². The number of carboxylic acid groups (broad SMARTS) is 1. The average molecular weight is 586 g/mol. The Bertz CT molecular complexity index is 1150. The number of amides is 4. The van der Waals surface area contributed by atoms with E-state index in [2.05, 4.69) is 16.1 Å². The van der Waals surface area contributed by atoms with Crippen LogP contribution in [0.4, 0.5) is 5.69 Å². The summed E-state index contributed by atoms with van der Waals surface area (Å²) in [5.41, 5.74) is 2.93. The number of nitrogens with one attached hydrogen (secondary N) is 3. The molecule has 1 atom stereocenters. The van der Waals surface area contributed by atoms with Crippen LogP contribution in [-0.2, 0) is 24.0 Å². The van der Waals surface area contributed by atoms with Crippen LogP contribution in [0.2, 0.25) is 0 Å². The van der Waals surface area contributed by atoms with Crippen molar-refractivity contribution in [3.8, 4) is 0 Å². The third kappa shape index (κ3) is 10.0. The summed E-state index contributed by atoms with van der Waals surface area (Å²) in [6, 6.07) is 5.86. The second kappa shape index (κ2) is 16.1. The van der Waals surface area contributed by atoms with Crippen LogP contribution in [0.5, 0.6) is 0 Å². The van der Waals surface area contributed by atoms with Crippen LogP contribution in [0.1, 0.15) is 75.6 Å². The fraction of sp³-hybridized carbons (Fsp3) is 0.600. The number of Topliss-reactive ketones (excluding diaryl/α,β-unsaturated/α-hetero) is 1. The highest BCUT2D eigenvalue weighted by atomic mass is 16.4. The molecule has 0 radical (unpaired) electrons. The van der Waals surface area contributed by atoms with Gasteiger partial charge in [-0.25, -0.2) is 10.4 Å². The minimum atomic E-state index is -1.10. The van der Waals surface area contributed by atoms with Crippen LogP contribution in [0.15, 0.2) is 24.3 Å². The van der Waals surface area contributed by atoms with Crippen LogP contribution >= 0.6 is 0 Å². The van der Waals surface area contributed by atoms with Crippen molar-refractivity contribution < 1.29 is 33.9 Å². The zero-order chi connectivity index (χ0) is 30.6. The number of carboxylic acids is 1. The molecule has 0 aliphatic carbocycles. The van der Waals surface area contributed by atoms with Crippen LogP contribution in [0.25, 0.3) is 0 Å². The molecular formula is C30H43N5O7. The SMILES string of the molecule is CC(C)CC(=O)C(=O)Nc1cccc(C(=O)N(NCCC(=O)O)C(=O)[C@@H]2CCCN(C(=O)CCC3CCNCC3)C2)c1. The summed E-state index contributed by atoms with van der Waals surface area (Å²) in [6.45, 7) is 6.13. The molecule has 0 unspecified atom stereocenters. The molecule has 1 aromatic rings. The first-order chi connectivity index (χ1) is 20.0. The smallest absolute Gasteiger partial charge is 0.304 e. The van der Waals surface area contributed by atoms with Gasteiger partial charge in [-0.1, -0.05) is 19.9 Å². The first kappa shape index (κ1) is 32.9. The summed E-state index contributed by atoms with van der Waals surface area (Å²) in [5.74, 6) is -3.88. The lowest BCUT2D eigenvalue weighted by molar-refractivity contribution is -0.142. The van der Waals surface area contributed by atoms with Gasteiger partial charge in [0, 0.05) is 43.7 Å². The number of likely N-dealkylation sites (tertiary alicyclic amines) is 1. The monoisotopic (exact) mass is 585 g/mol. The summed E-state index contributed by atoms with van der Waals surface area (Å²) >= 11 is 0. The zero-order valence-corrected chi connectivity index (χ0v) is 24.5. The highest BCUT2D eigenvalue weighted by Crippen LogP contribution is 2.23. The van der Waals surface area contributed by atoms with E-state index in [1.165, 1.54) is 24.3 Å². The molecule has 2 saturated heterocycles. The lowest BCUT2D eigenvalue weighted by Crippen LogP contribution is -2.53. The van der Waals surface area contributed by atoms with Gasteiger partial charge in [-0.3, -0.25) is 28.8 Å². The predicted octanol–water partition coefficient (Wildman–Crippen LogP) is 2.21. The second-order valence-corrected chi connectivity index (χ2v) is 11.5. The van der Waals surface area contributed by atoms with Crippen molar-refractivity contribution in [1.82, 2.24) is 20.7 Å². The van der Waals surface area contributed by atoms with E-state index in [-0.39, 0.29) is 49.0 Å². The number of carbonyl (C=O) groups is 6. The summed E-state index contributed by atoms with van der Waals surface area (Å²) < 4.78 is 0. The van der Waals surface area contributed by atoms with E-state index in [0.717, 1.165) is 37.4 Å². The van der Waals surface area contributed by atoms with E-state index in [0.29, 0.717) is 31.7 Å². The summed E-state index contributed by atoms with van der Waals surface area (Å²) in [5, 5.41) is 15.7. The molecule has 12 heteroatoms. The van der Waals surface area contributed by atoms with Crippen LogP contribution in [0, 0.1) is 17.8 Å². The zero-order valence-electron chi connectivity index (χ0n) is 24.5. The molecule has 2 aliphatic rings. The maximum absolute atomic E-state index is 13.7. The summed E-state index contributed by atoms with van der Waals surface area (Å²) in [6.07, 6.45) is 4.18. The molecule has 1 aromatic carbocycles. The van der Waals surface area contributed by atoms with E-state index in [4.69, 9.17) is 5.11 Å². The van der Waals surface area contributed by atoms with Crippen LogP contribution in [-0.4, -0.2) is 83.1 Å². The van der Waals surface area contributed by atoms with Crippen molar-refractivity contribution in [3.05, 3.63) is 29.8 Å². The molecule has 0 spiro atoms. The minimum absolute atomic E-state index is 0.00166. The Kier molecular flexibility index (Phi) is 12.6. The van der Waals surface area contributed by atoms with E-state index in [9.17, 15) is 28.8 Å². The highest BCUT2D eigenvalue weighted by molar-refractivity contribution is 6.40. The van der Waals surface area contributed by atoms with Gasteiger partial charge in [0.15, 0.2) is 0 Å². The molecule has 0 aromatic heterocycles. The fourth-order valence-electron chi connectivity index (χ4n) is 5.29. The van der Waals surface area contributed by atoms with Gasteiger partial charge in [0.05, 0.1) is 12.3 Å². The summed E-state index contributed by atoms with van der Waals surface area (Å²) in [4.78, 5) is 77.4. The third-order valence-corrected chi connectivity index (χ3v) is 7.60. The highest BCUT2D eigenvalue weighted by Gasteiger charge is 2.34. The van der Waals surface area contributed by atoms with Crippen molar-refractivity contribution >= 4 is 41.1 Å². The Balaban J connectivity index is 1.69. The number of nitrogens with zero attached hydrogens (tertiary/aromatic N) is 2. The van der Waals surface area contributed by atoms with Gasteiger partial charge < -0.3 is 20.6 Å². The quantitative estimate of drug-likeness (QED) is 0.154. The summed E-state index contributed by atoms with van der Waals surface area (Å²) in [7, 11) is 0. The third-order valence-electron chi connectivity index (χ3n) is 7.60. The van der Waals surface area contributed by atoms with E-state index in [1.807, 2.05) is 13.8 Å². The number of anilines is 1. The average Bonchev–Trinajstić information content (AvgIpc) is 2.97. The van der Waals surface area contributed by atoms with E-state index in [1.54, 1.807) is 4.90 Å². The number of aliphatic carboxylic acids is 1. The molecule has 230 valence electrons. The van der Waals surface area contributed by atoms with Crippen molar-refractivity contribution in [3.63, 3.8) is 0 Å². The number of benzene rings is 1. The number of hydrogen-bond donors (Lipinski definition) is 4. The van der Waals surface area contributed by atoms with Gasteiger partial charge in [0.2, 0.25) is 17.6 Å². The topological polar surface area (TPSA) is 165 Å². The Morgan fingerprint density at radius 3 is 2.50 bits per heavy atom. The molecule has 2 heterocycles. The van der Waals surface area contributed by atoms with Gasteiger partial charge in [-0.15, -0.1) is 0 Å². The van der Waals surface area contributed by atoms with Crippen LogP contribution < -0.4 is 16.1 Å². The molecular weight excluding hydrogens is 542 g/mol. The first-order valence-electron chi connectivity index (χ1n) is 14.8. The van der Waals surface area contributed by atoms with E-state index < -0.39 is 35.4 Å². The maximum atomic E-state index is 13.7. The molecule has 2 aliphatic heterocycles. The Labute approximate surface area is 246 Å². The lowest BCUT2D eigenvalue weighted by atomic mass is 9.92. The Morgan fingerprint density at radius 1 is 1.07 bits per heavy atom. The predicted molar refractivity (Wildman–Crippen MR) is 155 cm³/mol. The molecule has 3 rings (SSSR count). The molecule has 4 N–H and O–H groups in total. The maximum Gasteiger partial charge on any atom is 0.304 e. The van der Waals surface area contributed by atoms with E-state index >= 15 is 0 Å². The van der Waals surface area contributed by atoms with Crippen molar-refractivity contribution in [2.75, 3.05) is 38.0 Å². The number of hydrogen-bond acceptors (Lipinski definition) is 8. The number of carbonyl (C=O) groups excluding carboxylic acids is 5. The van der Waals surface area contributed by atoms with Gasteiger partial charge >= 0.3 is 5.97 Å². The number of rotatable bonds is 13. The standard InChI is InChI=1S/C30H43N5O7/c1-20(2)17-25(36)28(40)33-24-7-3-5-22(18-24)29(41)35(32-15-12-27(38)39)30(42)23-6-4-16-34(19-23)26(37)9-8-21-10-13-31-14-11-21/h3,5,7,18,20-21,23,31-32H,4,6,8-17,19H2,1-2H3,(H,33,40)(H,38,39)/t23-/m1/s1. The number of hydrazine groups is 1. The molecule has 4 amide bonds. The second-order valence-electron chi connectivity index (χ2n) is 11.5. The number of ketones is 1. The molecule has 42 heavy (non-hydrogen) atoms. The van der Waals surface area contributed by atoms with Gasteiger partial charge in [0.25, 0.3) is 11.8 Å². The largest absolute Gasteiger partial charge is 0.481 e. The normalized spacial score (nSPS) is 17.5. The lowest BCUT2D eigenvalue weighted by Gasteiger charge is -2.35. The molecule has 0 saturated carbocycles. The van der Waals surface area contributed by atoms with Crippen molar-refractivity contribution in [2.45, 2.75) is 65.2 Å². The Hall–Kier alpha value is -3.64. The van der Waals surface area contributed by atoms with Crippen LogP contribution in [0.3, 0.4) is 0 Å². The fourth-order valence-corrected chi connectivity index (χ4v) is 5.29.